The van der Waals surface area contributed by atoms with Gasteiger partial charge in [-0.25, -0.2) is 0 Å². The molecule has 6 nitrogen and oxygen atoms in total. The Bertz CT molecular complexity index is 1280. The van der Waals surface area contributed by atoms with Gasteiger partial charge in [0.2, 0.25) is 5.95 Å². The van der Waals surface area contributed by atoms with Crippen LogP contribution in [-0.4, -0.2) is 34.8 Å². The van der Waals surface area contributed by atoms with Crippen LogP contribution in [0, 0.1) is 6.92 Å². The largest absolute Gasteiger partial charge is 0.378 e. The number of nitrogens with zero attached hydrogens (tertiary/aromatic N) is 4. The Labute approximate surface area is 202 Å². The molecule has 0 saturated carbocycles. The molecule has 0 aliphatic carbocycles. The van der Waals surface area contributed by atoms with Gasteiger partial charge >= 0.3 is 0 Å². The highest BCUT2D eigenvalue weighted by molar-refractivity contribution is 6.36. The van der Waals surface area contributed by atoms with Crippen LogP contribution in [0.5, 0.6) is 0 Å². The Morgan fingerprint density at radius 2 is 1.70 bits per heavy atom. The van der Waals surface area contributed by atoms with Crippen LogP contribution in [0.15, 0.2) is 66.7 Å². The Kier molecular flexibility index (Phi) is 6.67. The Morgan fingerprint density at radius 1 is 1.00 bits per heavy atom. The molecule has 0 bridgehead atoms. The molecule has 168 valence electrons. The summed E-state index contributed by atoms with van der Waals surface area (Å²) in [5.41, 5.74) is 4.38. The van der Waals surface area contributed by atoms with Gasteiger partial charge in [-0.05, 0) is 42.8 Å². The van der Waals surface area contributed by atoms with Crippen molar-refractivity contribution >= 4 is 40.7 Å². The Balaban J connectivity index is 1.67. The first-order valence-electron chi connectivity index (χ1n) is 10.4. The maximum absolute atomic E-state index is 13.3. The van der Waals surface area contributed by atoms with E-state index < -0.39 is 5.91 Å². The molecule has 0 unspecified atom stereocenters. The van der Waals surface area contributed by atoms with E-state index in [0.29, 0.717) is 28.9 Å². The van der Waals surface area contributed by atoms with Gasteiger partial charge in [0.15, 0.2) is 5.82 Å². The number of hydrogen-bond donors (Lipinski definition) is 1. The molecule has 1 heterocycles. The molecular formula is C25H23Cl2N5O. The molecule has 0 radical (unpaired) electrons. The Morgan fingerprint density at radius 3 is 2.33 bits per heavy atom. The van der Waals surface area contributed by atoms with E-state index in [-0.39, 0.29) is 5.02 Å². The first-order chi connectivity index (χ1) is 15.8. The number of rotatable bonds is 6. The summed E-state index contributed by atoms with van der Waals surface area (Å²) in [7, 11) is 3.99. The summed E-state index contributed by atoms with van der Waals surface area (Å²) in [4.78, 5) is 20.0. The van der Waals surface area contributed by atoms with E-state index in [4.69, 9.17) is 23.2 Å². The molecule has 4 rings (SSSR count). The third-order valence-electron chi connectivity index (χ3n) is 5.17. The van der Waals surface area contributed by atoms with Crippen molar-refractivity contribution in [2.45, 2.75) is 13.5 Å². The van der Waals surface area contributed by atoms with Crippen molar-refractivity contribution in [2.75, 3.05) is 24.3 Å². The van der Waals surface area contributed by atoms with Crippen molar-refractivity contribution in [1.29, 1.82) is 0 Å². The second-order valence-corrected chi connectivity index (χ2v) is 8.72. The van der Waals surface area contributed by atoms with E-state index >= 15 is 0 Å². The lowest BCUT2D eigenvalue weighted by molar-refractivity contribution is 0.0947. The monoisotopic (exact) mass is 479 g/mol. The van der Waals surface area contributed by atoms with Crippen molar-refractivity contribution in [3.05, 3.63) is 93.5 Å². The second kappa shape index (κ2) is 9.65. The summed E-state index contributed by atoms with van der Waals surface area (Å²) in [6.45, 7) is 2.48. The highest BCUT2D eigenvalue weighted by Crippen LogP contribution is 2.25. The molecular weight excluding hydrogens is 457 g/mol. The summed E-state index contributed by atoms with van der Waals surface area (Å²) in [5, 5.41) is 8.45. The van der Waals surface area contributed by atoms with Crippen LogP contribution in [0.4, 0.5) is 11.6 Å². The number of aryl methyl sites for hydroxylation is 1. The zero-order chi connectivity index (χ0) is 23.5. The molecule has 33 heavy (non-hydrogen) atoms. The third-order valence-corrected chi connectivity index (χ3v) is 5.72. The summed E-state index contributed by atoms with van der Waals surface area (Å²) in [5.74, 6) is 0.380. The van der Waals surface area contributed by atoms with Gasteiger partial charge in [-0.15, -0.1) is 5.10 Å². The van der Waals surface area contributed by atoms with Crippen molar-refractivity contribution in [2.24, 2.45) is 0 Å². The van der Waals surface area contributed by atoms with E-state index in [1.165, 1.54) is 10.7 Å². The number of halogens is 2. The highest BCUT2D eigenvalue weighted by Gasteiger charge is 2.21. The average Bonchev–Trinajstić information content (AvgIpc) is 3.22. The van der Waals surface area contributed by atoms with Crippen molar-refractivity contribution in [1.82, 2.24) is 14.8 Å². The molecule has 0 fully saturated rings. The number of anilines is 2. The fourth-order valence-corrected chi connectivity index (χ4v) is 3.75. The lowest BCUT2D eigenvalue weighted by Gasteiger charge is -2.13. The number of aromatic nitrogens is 3. The third kappa shape index (κ3) is 5.18. The standard InChI is InChI=1S/C25H23Cl2N5O/c1-16-4-8-18(9-5-16)23-29-25(28-15-17-6-11-20(12-7-17)31(2)3)32(30-23)24(33)21-13-10-19(26)14-22(21)27/h4-14H,15H2,1-3H3,(H,28,29,30). The predicted molar refractivity (Wildman–Crippen MR) is 134 cm³/mol. The zero-order valence-corrected chi connectivity index (χ0v) is 20.0. The van der Waals surface area contributed by atoms with Gasteiger partial charge in [-0.3, -0.25) is 4.79 Å². The number of hydrogen-bond acceptors (Lipinski definition) is 5. The molecule has 0 saturated heterocycles. The predicted octanol–water partition coefficient (Wildman–Crippen LogP) is 5.93. The maximum atomic E-state index is 13.3. The van der Waals surface area contributed by atoms with E-state index in [1.54, 1.807) is 12.1 Å². The van der Waals surface area contributed by atoms with Crippen molar-refractivity contribution < 1.29 is 4.79 Å². The van der Waals surface area contributed by atoms with Crippen LogP contribution in [0.1, 0.15) is 21.5 Å². The van der Waals surface area contributed by atoms with Crippen LogP contribution in [0.2, 0.25) is 10.0 Å². The number of carbonyl (C=O) groups is 1. The first-order valence-corrected chi connectivity index (χ1v) is 11.1. The van der Waals surface area contributed by atoms with E-state index in [0.717, 1.165) is 22.4 Å². The summed E-state index contributed by atoms with van der Waals surface area (Å²) < 4.78 is 1.25. The van der Waals surface area contributed by atoms with Crippen molar-refractivity contribution in [3.8, 4) is 11.4 Å². The zero-order valence-electron chi connectivity index (χ0n) is 18.5. The minimum atomic E-state index is -0.395. The van der Waals surface area contributed by atoms with Crippen LogP contribution in [-0.2, 0) is 6.54 Å². The lowest BCUT2D eigenvalue weighted by atomic mass is 10.1. The summed E-state index contributed by atoms with van der Waals surface area (Å²) >= 11 is 12.3. The second-order valence-electron chi connectivity index (χ2n) is 7.88. The minimum absolute atomic E-state index is 0.255. The number of benzene rings is 3. The molecule has 4 aromatic rings. The van der Waals surface area contributed by atoms with Gasteiger partial charge in [0, 0.05) is 36.9 Å². The van der Waals surface area contributed by atoms with Crippen LogP contribution < -0.4 is 10.2 Å². The maximum Gasteiger partial charge on any atom is 0.282 e. The van der Waals surface area contributed by atoms with E-state index in [9.17, 15) is 4.79 Å². The molecule has 8 heteroatoms. The van der Waals surface area contributed by atoms with Crippen molar-refractivity contribution in [3.63, 3.8) is 0 Å². The summed E-state index contributed by atoms with van der Waals surface area (Å²) in [6, 6.07) is 20.7. The molecule has 3 aromatic carbocycles. The lowest BCUT2D eigenvalue weighted by Crippen LogP contribution is -2.18. The highest BCUT2D eigenvalue weighted by atomic mass is 35.5. The Hall–Kier alpha value is -3.35. The fourth-order valence-electron chi connectivity index (χ4n) is 3.26. The van der Waals surface area contributed by atoms with Gasteiger partial charge in [0.05, 0.1) is 10.6 Å². The van der Waals surface area contributed by atoms with Gasteiger partial charge in [-0.2, -0.15) is 9.67 Å². The minimum Gasteiger partial charge on any atom is -0.378 e. The molecule has 1 aromatic heterocycles. The van der Waals surface area contributed by atoms with Gasteiger partial charge in [-0.1, -0.05) is 65.2 Å². The first kappa shape index (κ1) is 22.8. The van der Waals surface area contributed by atoms with Crippen LogP contribution >= 0.6 is 23.2 Å². The van der Waals surface area contributed by atoms with Gasteiger partial charge in [0.25, 0.3) is 5.91 Å². The molecule has 0 spiro atoms. The number of carbonyl (C=O) groups excluding carboxylic acids is 1. The van der Waals surface area contributed by atoms with Crippen LogP contribution in [0.25, 0.3) is 11.4 Å². The molecule has 0 amide bonds. The quantitative estimate of drug-likeness (QED) is 0.371. The molecule has 0 aliphatic heterocycles. The average molecular weight is 480 g/mol. The van der Waals surface area contributed by atoms with E-state index in [2.05, 4.69) is 15.4 Å². The molecule has 1 N–H and O–H groups in total. The smallest absolute Gasteiger partial charge is 0.282 e. The van der Waals surface area contributed by atoms with Gasteiger partial charge < -0.3 is 10.2 Å². The van der Waals surface area contributed by atoms with Crippen LogP contribution in [0.3, 0.4) is 0 Å². The van der Waals surface area contributed by atoms with E-state index in [1.807, 2.05) is 74.4 Å². The number of nitrogens with one attached hydrogen (secondary N) is 1. The molecule has 0 atom stereocenters. The van der Waals surface area contributed by atoms with Gasteiger partial charge in [0.1, 0.15) is 0 Å². The normalized spacial score (nSPS) is 10.8. The fraction of sp³-hybridized carbons (Fsp3) is 0.160. The SMILES string of the molecule is Cc1ccc(-c2nc(NCc3ccc(N(C)C)cc3)n(C(=O)c3ccc(Cl)cc3Cl)n2)cc1. The topological polar surface area (TPSA) is 63.1 Å². The summed E-state index contributed by atoms with van der Waals surface area (Å²) in [6.07, 6.45) is 0. The molecule has 0 aliphatic rings.